The number of aromatic nitrogens is 3. The molecule has 6 heteroatoms. The van der Waals surface area contributed by atoms with Crippen LogP contribution in [0.2, 0.25) is 0 Å². The van der Waals surface area contributed by atoms with E-state index in [0.717, 1.165) is 11.1 Å². The Morgan fingerprint density at radius 3 is 2.67 bits per heavy atom. The number of pyridine rings is 1. The molecule has 1 aromatic carbocycles. The molecule has 24 heavy (non-hydrogen) atoms. The molecule has 0 atom stereocenters. The van der Waals surface area contributed by atoms with Crippen LogP contribution in [-0.2, 0) is 0 Å². The zero-order valence-electron chi connectivity index (χ0n) is 13.1. The van der Waals surface area contributed by atoms with Crippen molar-refractivity contribution in [2.75, 3.05) is 11.9 Å². The molecule has 118 valence electrons. The first-order valence-corrected chi connectivity index (χ1v) is 7.45. The van der Waals surface area contributed by atoms with E-state index in [-0.39, 0.29) is 6.03 Å². The summed E-state index contributed by atoms with van der Waals surface area (Å²) in [6.45, 7) is 2.38. The Labute approximate surface area is 139 Å². The van der Waals surface area contributed by atoms with Gasteiger partial charge in [0.2, 0.25) is 0 Å². The number of rotatable bonds is 3. The molecule has 0 aliphatic rings. The minimum absolute atomic E-state index is 0.307. The molecule has 2 heterocycles. The van der Waals surface area contributed by atoms with Gasteiger partial charge in [-0.2, -0.15) is 0 Å². The average Bonchev–Trinajstić information content (AvgIpc) is 2.61. The largest absolute Gasteiger partial charge is 0.338 e. The van der Waals surface area contributed by atoms with Crippen LogP contribution in [0, 0.1) is 12.3 Å². The predicted octanol–water partition coefficient (Wildman–Crippen LogP) is 2.81. The molecule has 0 aliphatic heterocycles. The molecule has 0 saturated heterocycles. The first-order chi connectivity index (χ1) is 11.7. The molecule has 3 rings (SSSR count). The molecule has 2 aromatic heterocycles. The van der Waals surface area contributed by atoms with Gasteiger partial charge in [0, 0.05) is 17.7 Å². The van der Waals surface area contributed by atoms with Crippen LogP contribution in [-0.4, -0.2) is 27.5 Å². The number of carbonyl (C=O) groups is 1. The quantitative estimate of drug-likeness (QED) is 0.728. The zero-order valence-corrected chi connectivity index (χ0v) is 13.1. The second-order valence-electron chi connectivity index (χ2n) is 5.00. The van der Waals surface area contributed by atoms with Crippen LogP contribution in [0.4, 0.5) is 10.6 Å². The van der Waals surface area contributed by atoms with Crippen molar-refractivity contribution in [1.82, 2.24) is 20.3 Å². The molecule has 0 saturated carbocycles. The zero-order chi connectivity index (χ0) is 16.9. The molecule has 2 amide bonds. The van der Waals surface area contributed by atoms with Crippen molar-refractivity contribution in [3.63, 3.8) is 0 Å². The lowest BCUT2D eigenvalue weighted by Crippen LogP contribution is -2.28. The van der Waals surface area contributed by atoms with Crippen molar-refractivity contribution in [1.29, 1.82) is 0 Å². The van der Waals surface area contributed by atoms with Crippen LogP contribution in [0.5, 0.6) is 0 Å². The Kier molecular flexibility index (Phi) is 4.34. The minimum Gasteiger partial charge on any atom is -0.338 e. The Morgan fingerprint density at radius 2 is 1.96 bits per heavy atom. The van der Waals surface area contributed by atoms with E-state index in [9.17, 15) is 4.79 Å². The summed E-state index contributed by atoms with van der Waals surface area (Å²) < 4.78 is 0. The summed E-state index contributed by atoms with van der Waals surface area (Å²) in [6, 6.07) is 10.6. The van der Waals surface area contributed by atoms with Crippen LogP contribution in [0.3, 0.4) is 0 Å². The maximum Gasteiger partial charge on any atom is 0.320 e. The van der Waals surface area contributed by atoms with Crippen molar-refractivity contribution >= 4 is 23.0 Å². The number of benzene rings is 1. The fourth-order valence-electron chi connectivity index (χ4n) is 2.16. The van der Waals surface area contributed by atoms with Crippen LogP contribution in [0.15, 0.2) is 42.6 Å². The van der Waals surface area contributed by atoms with Gasteiger partial charge in [0.25, 0.3) is 0 Å². The van der Waals surface area contributed by atoms with Crippen molar-refractivity contribution in [2.24, 2.45) is 0 Å². The third-order valence-corrected chi connectivity index (χ3v) is 3.33. The summed E-state index contributed by atoms with van der Waals surface area (Å²) in [5, 5.41) is 5.31. The van der Waals surface area contributed by atoms with Crippen molar-refractivity contribution in [3.8, 4) is 23.6 Å². The van der Waals surface area contributed by atoms with Gasteiger partial charge >= 0.3 is 6.03 Å². The molecule has 0 fully saturated rings. The van der Waals surface area contributed by atoms with Crippen LogP contribution in [0.25, 0.3) is 22.4 Å². The standard InChI is InChI=1S/C18H15N5O/c1-3-12-5-7-13(8-6-12)15-11-20-14-9-10-16(22-17(14)21-15)23-18(24)19-4-2/h1,5-11H,4H2,2H3,(H2,19,21,22,23,24). The third kappa shape index (κ3) is 3.31. The number of anilines is 1. The second kappa shape index (κ2) is 6.75. The van der Waals surface area contributed by atoms with E-state index in [4.69, 9.17) is 6.42 Å². The number of hydrogen-bond donors (Lipinski definition) is 2. The van der Waals surface area contributed by atoms with Crippen LogP contribution < -0.4 is 10.6 Å². The maximum absolute atomic E-state index is 11.6. The lowest BCUT2D eigenvalue weighted by atomic mass is 10.1. The molecule has 0 radical (unpaired) electrons. The van der Waals surface area contributed by atoms with Crippen molar-refractivity contribution in [2.45, 2.75) is 6.92 Å². The summed E-state index contributed by atoms with van der Waals surface area (Å²) in [5.74, 6) is 3.00. The van der Waals surface area contributed by atoms with E-state index in [1.54, 1.807) is 18.3 Å². The number of amides is 2. The minimum atomic E-state index is -0.307. The number of carbonyl (C=O) groups excluding carboxylic acids is 1. The Morgan fingerprint density at radius 1 is 1.17 bits per heavy atom. The predicted molar refractivity (Wildman–Crippen MR) is 93.4 cm³/mol. The highest BCUT2D eigenvalue weighted by Crippen LogP contribution is 2.19. The molecule has 2 N–H and O–H groups in total. The number of hydrogen-bond acceptors (Lipinski definition) is 4. The molecule has 0 spiro atoms. The fraction of sp³-hybridized carbons (Fsp3) is 0.111. The molecule has 3 aromatic rings. The van der Waals surface area contributed by atoms with Gasteiger partial charge in [0.15, 0.2) is 5.65 Å². The lowest BCUT2D eigenvalue weighted by molar-refractivity contribution is 0.252. The maximum atomic E-state index is 11.6. The molecule has 0 bridgehead atoms. The smallest absolute Gasteiger partial charge is 0.320 e. The SMILES string of the molecule is C#Cc1ccc(-c2cnc3ccc(NC(=O)NCC)nc3n2)cc1. The topological polar surface area (TPSA) is 79.8 Å². The summed E-state index contributed by atoms with van der Waals surface area (Å²) in [6.07, 6.45) is 7.05. The van der Waals surface area contributed by atoms with Crippen LogP contribution in [0.1, 0.15) is 12.5 Å². The van der Waals surface area contributed by atoms with Crippen molar-refractivity contribution in [3.05, 3.63) is 48.2 Å². The molecular formula is C18H15N5O. The summed E-state index contributed by atoms with van der Waals surface area (Å²) in [4.78, 5) is 24.8. The Bertz CT molecular complexity index is 928. The normalized spacial score (nSPS) is 10.2. The van der Waals surface area contributed by atoms with E-state index < -0.39 is 0 Å². The van der Waals surface area contributed by atoms with Gasteiger partial charge in [-0.1, -0.05) is 18.1 Å². The van der Waals surface area contributed by atoms with Gasteiger partial charge in [-0.3, -0.25) is 10.3 Å². The number of fused-ring (bicyclic) bond motifs is 1. The number of nitrogens with one attached hydrogen (secondary N) is 2. The molecule has 0 aliphatic carbocycles. The molecular weight excluding hydrogens is 302 g/mol. The summed E-state index contributed by atoms with van der Waals surface area (Å²) >= 11 is 0. The Balaban J connectivity index is 1.93. The monoisotopic (exact) mass is 317 g/mol. The van der Waals surface area contributed by atoms with Gasteiger partial charge in [-0.05, 0) is 31.2 Å². The highest BCUT2D eigenvalue weighted by atomic mass is 16.2. The van der Waals surface area contributed by atoms with E-state index in [1.165, 1.54) is 0 Å². The summed E-state index contributed by atoms with van der Waals surface area (Å²) in [7, 11) is 0. The van der Waals surface area contributed by atoms with E-state index >= 15 is 0 Å². The van der Waals surface area contributed by atoms with Crippen molar-refractivity contribution < 1.29 is 4.79 Å². The first-order valence-electron chi connectivity index (χ1n) is 7.45. The van der Waals surface area contributed by atoms with Gasteiger partial charge in [-0.15, -0.1) is 6.42 Å². The third-order valence-electron chi connectivity index (χ3n) is 3.33. The lowest BCUT2D eigenvalue weighted by Gasteiger charge is -2.06. The Hall–Kier alpha value is -3.46. The fourth-order valence-corrected chi connectivity index (χ4v) is 2.16. The van der Waals surface area contributed by atoms with Gasteiger partial charge < -0.3 is 5.32 Å². The van der Waals surface area contributed by atoms with Gasteiger partial charge in [0.05, 0.1) is 11.9 Å². The van der Waals surface area contributed by atoms with E-state index in [0.29, 0.717) is 29.2 Å². The highest BCUT2D eigenvalue weighted by Gasteiger charge is 2.07. The number of urea groups is 1. The first kappa shape index (κ1) is 15.4. The number of nitrogens with zero attached hydrogens (tertiary/aromatic N) is 3. The van der Waals surface area contributed by atoms with E-state index in [2.05, 4.69) is 31.5 Å². The summed E-state index contributed by atoms with van der Waals surface area (Å²) in [5.41, 5.74) is 3.50. The molecule has 6 nitrogen and oxygen atoms in total. The number of terminal acetylenes is 1. The second-order valence-corrected chi connectivity index (χ2v) is 5.00. The van der Waals surface area contributed by atoms with E-state index in [1.807, 2.05) is 31.2 Å². The average molecular weight is 317 g/mol. The van der Waals surface area contributed by atoms with Crippen LogP contribution >= 0.6 is 0 Å². The van der Waals surface area contributed by atoms with Gasteiger partial charge in [0.1, 0.15) is 11.3 Å². The molecule has 0 unspecified atom stereocenters. The van der Waals surface area contributed by atoms with Gasteiger partial charge in [-0.25, -0.2) is 14.8 Å². The highest BCUT2D eigenvalue weighted by molar-refractivity contribution is 5.89.